The maximum atomic E-state index is 13.9. The maximum absolute atomic E-state index is 13.9. The first-order valence-corrected chi connectivity index (χ1v) is 6.19. The Balaban J connectivity index is 2.35. The third-order valence-corrected chi connectivity index (χ3v) is 3.31. The average Bonchev–Trinajstić information content (AvgIpc) is 2.57. The molecule has 1 aliphatic rings. The van der Waals surface area contributed by atoms with Gasteiger partial charge in [0.1, 0.15) is 6.33 Å². The van der Waals surface area contributed by atoms with Crippen LogP contribution in [0.3, 0.4) is 0 Å². The zero-order chi connectivity index (χ0) is 12.3. The maximum Gasteiger partial charge on any atom is 0.202 e. The fourth-order valence-electron chi connectivity index (χ4n) is 2.12. The van der Waals surface area contributed by atoms with Crippen molar-refractivity contribution < 1.29 is 4.39 Å². The monoisotopic (exact) mass is 255 g/mol. The molecule has 92 valence electrons. The molecule has 17 heavy (non-hydrogen) atoms. The molecule has 3 nitrogen and oxygen atoms in total. The highest BCUT2D eigenvalue weighted by molar-refractivity contribution is 6.29. The highest BCUT2D eigenvalue weighted by Gasteiger charge is 2.23. The summed E-state index contributed by atoms with van der Waals surface area (Å²) in [6.07, 6.45) is 8.47. The second kappa shape index (κ2) is 5.45. The number of allylic oxidation sites excluding steroid dienone is 1. The van der Waals surface area contributed by atoms with Crippen LogP contribution in [0.15, 0.2) is 18.5 Å². The van der Waals surface area contributed by atoms with E-state index in [4.69, 9.17) is 11.6 Å². The van der Waals surface area contributed by atoms with Crippen LogP contribution < -0.4 is 4.90 Å². The normalized spacial score (nSPS) is 20.4. The number of anilines is 1. The second-order valence-corrected chi connectivity index (χ2v) is 4.42. The van der Waals surface area contributed by atoms with Crippen molar-refractivity contribution in [2.24, 2.45) is 0 Å². The van der Waals surface area contributed by atoms with Crippen molar-refractivity contribution in [1.82, 2.24) is 9.97 Å². The molecule has 0 amide bonds. The molecule has 0 aromatic carbocycles. The molecule has 1 aromatic rings. The van der Waals surface area contributed by atoms with Gasteiger partial charge in [0.15, 0.2) is 11.0 Å². The van der Waals surface area contributed by atoms with Crippen molar-refractivity contribution in [3.63, 3.8) is 0 Å². The molecule has 0 saturated carbocycles. The summed E-state index contributed by atoms with van der Waals surface area (Å²) >= 11 is 5.69. The molecule has 0 spiro atoms. The Bertz CT molecular complexity index is 422. The van der Waals surface area contributed by atoms with Gasteiger partial charge in [0.25, 0.3) is 0 Å². The molecule has 0 N–H and O–H groups in total. The molecule has 1 atom stereocenters. The molecule has 1 unspecified atom stereocenters. The van der Waals surface area contributed by atoms with Crippen LogP contribution >= 0.6 is 11.6 Å². The van der Waals surface area contributed by atoms with Gasteiger partial charge < -0.3 is 4.90 Å². The fraction of sp³-hybridized carbons (Fsp3) is 0.500. The molecule has 0 fully saturated rings. The van der Waals surface area contributed by atoms with Crippen LogP contribution in [0.5, 0.6) is 0 Å². The van der Waals surface area contributed by atoms with Crippen LogP contribution in [-0.2, 0) is 0 Å². The van der Waals surface area contributed by atoms with Crippen LogP contribution in [0.4, 0.5) is 10.2 Å². The van der Waals surface area contributed by atoms with E-state index in [2.05, 4.69) is 23.0 Å². The Morgan fingerprint density at radius 2 is 2.29 bits per heavy atom. The lowest BCUT2D eigenvalue weighted by molar-refractivity contribution is 0.537. The Hall–Kier alpha value is -1.16. The Kier molecular flexibility index (Phi) is 3.94. The molecule has 0 saturated heterocycles. The molecule has 1 aromatic heterocycles. The van der Waals surface area contributed by atoms with Gasteiger partial charge in [-0.25, -0.2) is 9.97 Å². The summed E-state index contributed by atoms with van der Waals surface area (Å²) in [4.78, 5) is 9.63. The Morgan fingerprint density at radius 3 is 3.06 bits per heavy atom. The van der Waals surface area contributed by atoms with Gasteiger partial charge in [-0.1, -0.05) is 30.7 Å². The van der Waals surface area contributed by atoms with E-state index in [1.165, 1.54) is 6.33 Å². The smallest absolute Gasteiger partial charge is 0.202 e. The molecule has 2 rings (SSSR count). The van der Waals surface area contributed by atoms with Gasteiger partial charge in [0, 0.05) is 12.6 Å². The average molecular weight is 256 g/mol. The van der Waals surface area contributed by atoms with E-state index in [9.17, 15) is 4.39 Å². The van der Waals surface area contributed by atoms with Gasteiger partial charge in [0.05, 0.1) is 0 Å². The summed E-state index contributed by atoms with van der Waals surface area (Å²) in [7, 11) is 0. The Labute approximate surface area is 105 Å². The van der Waals surface area contributed by atoms with E-state index in [0.29, 0.717) is 18.4 Å². The molecule has 0 radical (unpaired) electrons. The quantitative estimate of drug-likeness (QED) is 0.600. The van der Waals surface area contributed by atoms with E-state index in [0.717, 1.165) is 19.3 Å². The SMILES string of the molecule is CCC1CCC=CCN1c1ncnc(Cl)c1F. The predicted octanol–water partition coefficient (Wildman–Crippen LogP) is 3.20. The minimum atomic E-state index is -0.525. The van der Waals surface area contributed by atoms with Crippen LogP contribution in [-0.4, -0.2) is 22.6 Å². The van der Waals surface area contributed by atoms with Crippen LogP contribution in [0.25, 0.3) is 0 Å². The van der Waals surface area contributed by atoms with E-state index < -0.39 is 5.82 Å². The van der Waals surface area contributed by atoms with Crippen LogP contribution in [0.2, 0.25) is 5.15 Å². The van der Waals surface area contributed by atoms with Crippen molar-refractivity contribution in [2.75, 3.05) is 11.4 Å². The van der Waals surface area contributed by atoms with Gasteiger partial charge in [-0.2, -0.15) is 4.39 Å². The fourth-order valence-corrected chi connectivity index (χ4v) is 2.25. The molecule has 2 heterocycles. The molecular weight excluding hydrogens is 241 g/mol. The zero-order valence-corrected chi connectivity index (χ0v) is 10.5. The van der Waals surface area contributed by atoms with Crippen LogP contribution in [0, 0.1) is 5.82 Å². The number of halogens is 2. The molecule has 0 bridgehead atoms. The van der Waals surface area contributed by atoms with E-state index >= 15 is 0 Å². The Morgan fingerprint density at radius 1 is 1.47 bits per heavy atom. The summed E-state index contributed by atoms with van der Waals surface area (Å²) < 4.78 is 13.9. The van der Waals surface area contributed by atoms with Gasteiger partial charge in [-0.15, -0.1) is 0 Å². The molecule has 5 heteroatoms. The van der Waals surface area contributed by atoms with Gasteiger partial charge in [0.2, 0.25) is 5.82 Å². The van der Waals surface area contributed by atoms with E-state index in [-0.39, 0.29) is 5.15 Å². The lowest BCUT2D eigenvalue weighted by Crippen LogP contribution is -2.35. The summed E-state index contributed by atoms with van der Waals surface area (Å²) in [6, 6.07) is 0.297. The molecular formula is C12H15ClFN3. The summed E-state index contributed by atoms with van der Waals surface area (Å²) in [5.74, 6) is -0.216. The summed E-state index contributed by atoms with van der Waals surface area (Å²) in [6.45, 7) is 2.77. The highest BCUT2D eigenvalue weighted by Crippen LogP contribution is 2.26. The van der Waals surface area contributed by atoms with Gasteiger partial charge in [-0.3, -0.25) is 0 Å². The first-order valence-electron chi connectivity index (χ1n) is 5.81. The molecule has 0 aliphatic carbocycles. The van der Waals surface area contributed by atoms with Gasteiger partial charge in [-0.05, 0) is 19.3 Å². The topological polar surface area (TPSA) is 29.0 Å². The standard InChI is InChI=1S/C12H15ClFN3/c1-2-9-6-4-3-5-7-17(9)12-10(14)11(13)15-8-16-12/h3,5,8-9H,2,4,6-7H2,1H3. The first-order chi connectivity index (χ1) is 8.24. The largest absolute Gasteiger partial charge is 0.347 e. The number of hydrogen-bond donors (Lipinski definition) is 0. The minimum absolute atomic E-state index is 0.113. The molecule has 1 aliphatic heterocycles. The number of nitrogens with zero attached hydrogens (tertiary/aromatic N) is 3. The number of hydrogen-bond acceptors (Lipinski definition) is 3. The van der Waals surface area contributed by atoms with Crippen molar-refractivity contribution in [3.8, 4) is 0 Å². The third-order valence-electron chi connectivity index (χ3n) is 3.05. The van der Waals surface area contributed by atoms with Crippen molar-refractivity contribution in [1.29, 1.82) is 0 Å². The summed E-state index contributed by atoms with van der Waals surface area (Å²) in [5, 5.41) is -0.113. The third kappa shape index (κ3) is 2.57. The highest BCUT2D eigenvalue weighted by atomic mass is 35.5. The number of rotatable bonds is 2. The summed E-state index contributed by atoms with van der Waals surface area (Å²) in [5.41, 5.74) is 0. The van der Waals surface area contributed by atoms with E-state index in [1.54, 1.807) is 0 Å². The lowest BCUT2D eigenvalue weighted by atomic mass is 10.1. The predicted molar refractivity (Wildman–Crippen MR) is 66.8 cm³/mol. The van der Waals surface area contributed by atoms with Crippen molar-refractivity contribution in [2.45, 2.75) is 32.2 Å². The minimum Gasteiger partial charge on any atom is -0.347 e. The lowest BCUT2D eigenvalue weighted by Gasteiger charge is -2.30. The van der Waals surface area contributed by atoms with Crippen molar-refractivity contribution >= 4 is 17.4 Å². The zero-order valence-electron chi connectivity index (χ0n) is 9.74. The van der Waals surface area contributed by atoms with Crippen LogP contribution in [0.1, 0.15) is 26.2 Å². The van der Waals surface area contributed by atoms with Gasteiger partial charge >= 0.3 is 0 Å². The van der Waals surface area contributed by atoms with Crippen molar-refractivity contribution in [3.05, 3.63) is 29.4 Å². The van der Waals surface area contributed by atoms with E-state index in [1.807, 2.05) is 11.0 Å². The second-order valence-electron chi connectivity index (χ2n) is 4.07. The first kappa shape index (κ1) is 12.3. The number of aromatic nitrogens is 2.